The lowest BCUT2D eigenvalue weighted by atomic mass is 9.99. The highest BCUT2D eigenvalue weighted by molar-refractivity contribution is 5.91. The average molecular weight is 241 g/mol. The number of nitrogens with zero attached hydrogens (tertiary/aromatic N) is 1. The fourth-order valence-corrected chi connectivity index (χ4v) is 2.65. The molecule has 2 aromatic rings. The predicted molar refractivity (Wildman–Crippen MR) is 75.9 cm³/mol. The topological polar surface area (TPSA) is 37.0 Å². The van der Waals surface area contributed by atoms with Crippen molar-refractivity contribution in [1.82, 2.24) is 10.3 Å². The standard InChI is InChI=1S/C15H19N3/c1-11-14(7-4-9-16-11)18-15-13-6-3-2-5-12(13)8-10-17-15/h2-3,5-6,8,10-11,14,16H,4,7,9H2,1H3,(H,17,18). The van der Waals surface area contributed by atoms with Crippen LogP contribution in [0, 0.1) is 0 Å². The highest BCUT2D eigenvalue weighted by Gasteiger charge is 2.21. The van der Waals surface area contributed by atoms with Crippen LogP contribution in [0.3, 0.4) is 0 Å². The average Bonchev–Trinajstić information content (AvgIpc) is 2.42. The van der Waals surface area contributed by atoms with Crippen LogP contribution < -0.4 is 10.6 Å². The first-order chi connectivity index (χ1) is 8.84. The lowest BCUT2D eigenvalue weighted by molar-refractivity contribution is 0.389. The summed E-state index contributed by atoms with van der Waals surface area (Å²) in [6.07, 6.45) is 4.32. The summed E-state index contributed by atoms with van der Waals surface area (Å²) in [5.41, 5.74) is 0. The van der Waals surface area contributed by atoms with Crippen molar-refractivity contribution >= 4 is 16.6 Å². The lowest BCUT2D eigenvalue weighted by Crippen LogP contribution is -2.46. The summed E-state index contributed by atoms with van der Waals surface area (Å²) in [7, 11) is 0. The van der Waals surface area contributed by atoms with Gasteiger partial charge in [-0.3, -0.25) is 0 Å². The molecule has 3 rings (SSSR count). The maximum Gasteiger partial charge on any atom is 0.134 e. The monoisotopic (exact) mass is 241 g/mol. The molecule has 1 aliphatic heterocycles. The second-order valence-corrected chi connectivity index (χ2v) is 5.02. The summed E-state index contributed by atoms with van der Waals surface area (Å²) in [6, 6.07) is 11.4. The minimum atomic E-state index is 0.469. The molecule has 0 radical (unpaired) electrons. The number of hydrogen-bond acceptors (Lipinski definition) is 3. The third-order valence-electron chi connectivity index (χ3n) is 3.76. The van der Waals surface area contributed by atoms with Crippen molar-refractivity contribution in [3.8, 4) is 0 Å². The van der Waals surface area contributed by atoms with Crippen LogP contribution >= 0.6 is 0 Å². The molecule has 1 aliphatic rings. The van der Waals surface area contributed by atoms with E-state index in [9.17, 15) is 0 Å². The van der Waals surface area contributed by atoms with E-state index in [2.05, 4.69) is 52.9 Å². The fraction of sp³-hybridized carbons (Fsp3) is 0.400. The largest absolute Gasteiger partial charge is 0.365 e. The first-order valence-electron chi connectivity index (χ1n) is 6.68. The molecule has 0 spiro atoms. The van der Waals surface area contributed by atoms with Gasteiger partial charge in [0, 0.05) is 23.7 Å². The number of hydrogen-bond donors (Lipinski definition) is 2. The minimum Gasteiger partial charge on any atom is -0.365 e. The number of pyridine rings is 1. The molecule has 0 amide bonds. The van der Waals surface area contributed by atoms with Gasteiger partial charge < -0.3 is 10.6 Å². The Balaban J connectivity index is 1.90. The Kier molecular flexibility index (Phi) is 3.15. The van der Waals surface area contributed by atoms with E-state index in [-0.39, 0.29) is 0 Å². The first kappa shape index (κ1) is 11.5. The maximum atomic E-state index is 4.50. The molecule has 18 heavy (non-hydrogen) atoms. The number of anilines is 1. The number of rotatable bonds is 2. The molecular weight excluding hydrogens is 222 g/mol. The van der Waals surface area contributed by atoms with Crippen molar-refractivity contribution in [2.24, 2.45) is 0 Å². The highest BCUT2D eigenvalue weighted by Crippen LogP contribution is 2.23. The minimum absolute atomic E-state index is 0.469. The van der Waals surface area contributed by atoms with Crippen LogP contribution in [0.1, 0.15) is 19.8 Å². The van der Waals surface area contributed by atoms with Gasteiger partial charge in [-0.05, 0) is 37.8 Å². The fourth-order valence-electron chi connectivity index (χ4n) is 2.65. The molecule has 1 fully saturated rings. The Morgan fingerprint density at radius 1 is 1.28 bits per heavy atom. The number of fused-ring (bicyclic) bond motifs is 1. The van der Waals surface area contributed by atoms with Gasteiger partial charge in [-0.15, -0.1) is 0 Å². The van der Waals surface area contributed by atoms with E-state index < -0.39 is 0 Å². The van der Waals surface area contributed by atoms with E-state index in [1.807, 2.05) is 6.20 Å². The number of aromatic nitrogens is 1. The van der Waals surface area contributed by atoms with Crippen molar-refractivity contribution in [3.63, 3.8) is 0 Å². The summed E-state index contributed by atoms with van der Waals surface area (Å²) in [5.74, 6) is 1.01. The Bertz CT molecular complexity index is 533. The molecular formula is C15H19N3. The molecule has 2 atom stereocenters. The van der Waals surface area contributed by atoms with E-state index in [1.165, 1.54) is 23.6 Å². The highest BCUT2D eigenvalue weighted by atomic mass is 15.1. The van der Waals surface area contributed by atoms with E-state index in [0.717, 1.165) is 12.4 Å². The zero-order valence-electron chi connectivity index (χ0n) is 10.7. The summed E-state index contributed by atoms with van der Waals surface area (Å²) >= 11 is 0. The van der Waals surface area contributed by atoms with Crippen molar-refractivity contribution < 1.29 is 0 Å². The van der Waals surface area contributed by atoms with Gasteiger partial charge in [0.05, 0.1) is 0 Å². The molecule has 94 valence electrons. The molecule has 2 unspecified atom stereocenters. The summed E-state index contributed by atoms with van der Waals surface area (Å²) in [4.78, 5) is 4.50. The molecule has 0 saturated carbocycles. The molecule has 0 aliphatic carbocycles. The molecule has 1 aromatic carbocycles. The van der Waals surface area contributed by atoms with Crippen molar-refractivity contribution in [2.75, 3.05) is 11.9 Å². The summed E-state index contributed by atoms with van der Waals surface area (Å²) < 4.78 is 0. The SMILES string of the molecule is CC1NCCCC1Nc1nccc2ccccc12. The predicted octanol–water partition coefficient (Wildman–Crippen LogP) is 2.79. The molecule has 2 N–H and O–H groups in total. The number of piperidine rings is 1. The molecule has 1 aromatic heterocycles. The van der Waals surface area contributed by atoms with E-state index in [4.69, 9.17) is 0 Å². The zero-order valence-corrected chi connectivity index (χ0v) is 10.7. The van der Waals surface area contributed by atoms with Crippen molar-refractivity contribution in [3.05, 3.63) is 36.5 Å². The van der Waals surface area contributed by atoms with Crippen LogP contribution in [-0.2, 0) is 0 Å². The summed E-state index contributed by atoms with van der Waals surface area (Å²) in [6.45, 7) is 3.37. The van der Waals surface area contributed by atoms with E-state index >= 15 is 0 Å². The molecule has 3 nitrogen and oxygen atoms in total. The van der Waals surface area contributed by atoms with Gasteiger partial charge in [0.1, 0.15) is 5.82 Å². The van der Waals surface area contributed by atoms with Gasteiger partial charge >= 0.3 is 0 Å². The Hall–Kier alpha value is -1.61. The normalized spacial score (nSPS) is 24.1. The van der Waals surface area contributed by atoms with Crippen LogP contribution in [-0.4, -0.2) is 23.6 Å². The lowest BCUT2D eigenvalue weighted by Gasteiger charge is -2.31. The van der Waals surface area contributed by atoms with Crippen LogP contribution in [0.4, 0.5) is 5.82 Å². The van der Waals surface area contributed by atoms with Gasteiger partial charge in [-0.25, -0.2) is 4.98 Å². The van der Waals surface area contributed by atoms with Gasteiger partial charge in [0.2, 0.25) is 0 Å². The smallest absolute Gasteiger partial charge is 0.134 e. The zero-order chi connectivity index (χ0) is 12.4. The third-order valence-corrected chi connectivity index (χ3v) is 3.76. The van der Waals surface area contributed by atoms with Gasteiger partial charge in [-0.1, -0.05) is 24.3 Å². The van der Waals surface area contributed by atoms with Crippen LogP contribution in [0.2, 0.25) is 0 Å². The van der Waals surface area contributed by atoms with Crippen molar-refractivity contribution in [1.29, 1.82) is 0 Å². The number of nitrogens with one attached hydrogen (secondary N) is 2. The molecule has 1 saturated heterocycles. The quantitative estimate of drug-likeness (QED) is 0.849. The second kappa shape index (κ2) is 4.94. The molecule has 2 heterocycles. The van der Waals surface area contributed by atoms with Gasteiger partial charge in [0.25, 0.3) is 0 Å². The van der Waals surface area contributed by atoms with Gasteiger partial charge in [-0.2, -0.15) is 0 Å². The second-order valence-electron chi connectivity index (χ2n) is 5.02. The first-order valence-corrected chi connectivity index (χ1v) is 6.68. The molecule has 0 bridgehead atoms. The molecule has 3 heteroatoms. The maximum absolute atomic E-state index is 4.50. The van der Waals surface area contributed by atoms with Gasteiger partial charge in [0.15, 0.2) is 0 Å². The summed E-state index contributed by atoms with van der Waals surface area (Å²) in [5, 5.41) is 9.56. The third kappa shape index (κ3) is 2.18. The Morgan fingerprint density at radius 2 is 2.17 bits per heavy atom. The number of benzene rings is 1. The van der Waals surface area contributed by atoms with Crippen LogP contribution in [0.15, 0.2) is 36.5 Å². The van der Waals surface area contributed by atoms with Crippen LogP contribution in [0.25, 0.3) is 10.8 Å². The van der Waals surface area contributed by atoms with E-state index in [0.29, 0.717) is 12.1 Å². The van der Waals surface area contributed by atoms with E-state index in [1.54, 1.807) is 0 Å². The van der Waals surface area contributed by atoms with Crippen LogP contribution in [0.5, 0.6) is 0 Å². The Morgan fingerprint density at radius 3 is 3.06 bits per heavy atom. The van der Waals surface area contributed by atoms with Crippen molar-refractivity contribution in [2.45, 2.75) is 31.8 Å². The Labute approximate surface area is 108 Å².